The van der Waals surface area contributed by atoms with Crippen LogP contribution < -0.4 is 0 Å². The molecular weight excluding hydrogens is 172 g/mol. The molecule has 0 unspecified atom stereocenters. The molecule has 1 aromatic rings. The van der Waals surface area contributed by atoms with Gasteiger partial charge in [0.05, 0.1) is 12.0 Å². The molecule has 1 aromatic carbocycles. The predicted molar refractivity (Wildman–Crippen MR) is 58.2 cm³/mol. The van der Waals surface area contributed by atoms with E-state index in [1.54, 1.807) is 0 Å². The molecule has 2 nitrogen and oxygen atoms in total. The molecule has 0 saturated carbocycles. The number of rotatable bonds is 3. The van der Waals surface area contributed by atoms with Crippen LogP contribution in [-0.4, -0.2) is 10.5 Å². The summed E-state index contributed by atoms with van der Waals surface area (Å²) < 4.78 is 0. The number of hydrogen-bond donors (Lipinski definition) is 0. The van der Waals surface area contributed by atoms with E-state index in [9.17, 15) is 0 Å². The van der Waals surface area contributed by atoms with E-state index < -0.39 is 0 Å². The first-order valence-corrected chi connectivity index (χ1v) is 4.63. The van der Waals surface area contributed by atoms with Gasteiger partial charge in [-0.2, -0.15) is 4.79 Å². The Balaban J connectivity index is 2.86. The van der Waals surface area contributed by atoms with E-state index in [1.807, 2.05) is 50.3 Å². The molecule has 0 atom stereocenters. The highest BCUT2D eigenvalue weighted by molar-refractivity contribution is 5.97. The minimum absolute atomic E-state index is 0.669. The van der Waals surface area contributed by atoms with Crippen molar-refractivity contribution in [2.45, 2.75) is 20.3 Å². The summed E-state index contributed by atoms with van der Waals surface area (Å²) in [6.07, 6.45) is 2.71. The van der Waals surface area contributed by atoms with Gasteiger partial charge in [-0.3, -0.25) is 0 Å². The Morgan fingerprint density at radius 1 is 1.29 bits per heavy atom. The van der Waals surface area contributed by atoms with Gasteiger partial charge in [0.1, 0.15) is 0 Å². The van der Waals surface area contributed by atoms with Crippen LogP contribution in [0.15, 0.2) is 42.0 Å². The Hall–Kier alpha value is -1.66. The molecule has 0 aromatic heterocycles. The van der Waals surface area contributed by atoms with Crippen molar-refractivity contribution in [3.8, 4) is 0 Å². The number of allylic oxidation sites excluding steroid dienone is 2. The third-order valence-electron chi connectivity index (χ3n) is 1.93. The molecule has 0 aliphatic rings. The zero-order chi connectivity index (χ0) is 10.4. The van der Waals surface area contributed by atoms with Gasteiger partial charge in [0.2, 0.25) is 0 Å². The molecule has 0 fully saturated rings. The van der Waals surface area contributed by atoms with Crippen molar-refractivity contribution in [1.29, 1.82) is 0 Å². The second kappa shape index (κ2) is 5.15. The Morgan fingerprint density at radius 2 is 1.93 bits per heavy atom. The minimum atomic E-state index is 0.669. The Labute approximate surface area is 84.5 Å². The molecular formula is C12H14N2. The highest BCUT2D eigenvalue weighted by Crippen LogP contribution is 2.04. The average molecular weight is 186 g/mol. The van der Waals surface area contributed by atoms with E-state index in [2.05, 4.69) is 4.79 Å². The lowest BCUT2D eigenvalue weighted by molar-refractivity contribution is -0.00598. The largest absolute Gasteiger partial charge is 0.361 e. The zero-order valence-corrected chi connectivity index (χ0v) is 8.57. The first-order valence-electron chi connectivity index (χ1n) is 4.63. The van der Waals surface area contributed by atoms with Gasteiger partial charge in [-0.1, -0.05) is 29.8 Å². The van der Waals surface area contributed by atoms with Crippen LogP contribution in [0.2, 0.25) is 0 Å². The van der Waals surface area contributed by atoms with Crippen LogP contribution in [0.1, 0.15) is 25.8 Å². The van der Waals surface area contributed by atoms with E-state index in [0.717, 1.165) is 5.56 Å². The topological polar surface area (TPSA) is 36.4 Å². The van der Waals surface area contributed by atoms with Crippen LogP contribution >= 0.6 is 0 Å². The van der Waals surface area contributed by atoms with Crippen LogP contribution in [0.4, 0.5) is 0 Å². The van der Waals surface area contributed by atoms with Crippen LogP contribution in [0, 0.1) is 0 Å². The zero-order valence-electron chi connectivity index (χ0n) is 8.57. The molecule has 0 aliphatic carbocycles. The van der Waals surface area contributed by atoms with Crippen molar-refractivity contribution < 1.29 is 4.79 Å². The van der Waals surface area contributed by atoms with Crippen molar-refractivity contribution in [3.05, 3.63) is 53.1 Å². The molecule has 0 aliphatic heterocycles. The van der Waals surface area contributed by atoms with Gasteiger partial charge in [0, 0.05) is 0 Å². The van der Waals surface area contributed by atoms with Gasteiger partial charge >= 0.3 is 5.71 Å². The first-order chi connectivity index (χ1) is 6.74. The maximum absolute atomic E-state index is 8.85. The fourth-order valence-corrected chi connectivity index (χ4v) is 1.15. The average Bonchev–Trinajstić information content (AvgIpc) is 2.20. The van der Waals surface area contributed by atoms with Crippen LogP contribution in [0.5, 0.6) is 0 Å². The smallest absolute Gasteiger partial charge is 0.302 e. The second-order valence-electron chi connectivity index (χ2n) is 3.40. The fourth-order valence-electron chi connectivity index (χ4n) is 1.15. The quantitative estimate of drug-likeness (QED) is 0.301. The molecule has 0 bridgehead atoms. The number of nitrogens with zero attached hydrogens (tertiary/aromatic N) is 2. The van der Waals surface area contributed by atoms with Crippen molar-refractivity contribution in [3.63, 3.8) is 0 Å². The van der Waals surface area contributed by atoms with E-state index >= 15 is 0 Å². The van der Waals surface area contributed by atoms with Crippen LogP contribution in [0.25, 0.3) is 5.53 Å². The fraction of sp³-hybridized carbons (Fsp3) is 0.250. The normalized spacial score (nSPS) is 9.00. The lowest BCUT2D eigenvalue weighted by Gasteiger charge is -1.93. The summed E-state index contributed by atoms with van der Waals surface area (Å²) in [6.45, 7) is 4.06. The lowest BCUT2D eigenvalue weighted by Crippen LogP contribution is -2.00. The SMILES string of the molecule is CC(C)=CCC(=[N+]=[N-])c1ccccc1. The summed E-state index contributed by atoms with van der Waals surface area (Å²) in [5.74, 6) is 0. The Kier molecular flexibility index (Phi) is 3.84. The number of benzene rings is 1. The van der Waals surface area contributed by atoms with Gasteiger partial charge in [0.25, 0.3) is 0 Å². The standard InChI is InChI=1S/C12H14N2/c1-10(2)8-9-12(14-13)11-6-4-3-5-7-11/h3-8H,9H2,1-2H3. The molecule has 72 valence electrons. The third-order valence-corrected chi connectivity index (χ3v) is 1.93. The first kappa shape index (κ1) is 10.4. The van der Waals surface area contributed by atoms with E-state index in [-0.39, 0.29) is 0 Å². The molecule has 14 heavy (non-hydrogen) atoms. The molecule has 0 radical (unpaired) electrons. The van der Waals surface area contributed by atoms with Crippen LogP contribution in [-0.2, 0) is 0 Å². The molecule has 0 heterocycles. The van der Waals surface area contributed by atoms with Gasteiger partial charge in [-0.05, 0) is 26.0 Å². The monoisotopic (exact) mass is 186 g/mol. The molecule has 0 amide bonds. The summed E-state index contributed by atoms with van der Waals surface area (Å²) in [4.78, 5) is 3.30. The Bertz CT molecular complexity index is 367. The summed E-state index contributed by atoms with van der Waals surface area (Å²) >= 11 is 0. The highest BCUT2D eigenvalue weighted by Gasteiger charge is 2.08. The molecule has 0 N–H and O–H groups in total. The lowest BCUT2D eigenvalue weighted by atomic mass is 10.1. The maximum Gasteiger partial charge on any atom is 0.302 e. The van der Waals surface area contributed by atoms with Crippen molar-refractivity contribution in [1.82, 2.24) is 0 Å². The maximum atomic E-state index is 8.85. The molecule has 0 saturated heterocycles. The molecule has 2 heteroatoms. The summed E-state index contributed by atoms with van der Waals surface area (Å²) in [5.41, 5.74) is 11.7. The van der Waals surface area contributed by atoms with Gasteiger partial charge < -0.3 is 5.53 Å². The van der Waals surface area contributed by atoms with Crippen molar-refractivity contribution >= 4 is 5.71 Å². The second-order valence-corrected chi connectivity index (χ2v) is 3.40. The van der Waals surface area contributed by atoms with E-state index in [4.69, 9.17) is 5.53 Å². The molecule has 0 spiro atoms. The van der Waals surface area contributed by atoms with E-state index in [0.29, 0.717) is 12.1 Å². The van der Waals surface area contributed by atoms with E-state index in [1.165, 1.54) is 5.57 Å². The highest BCUT2D eigenvalue weighted by atomic mass is 14.9. The summed E-state index contributed by atoms with van der Waals surface area (Å²) in [7, 11) is 0. The molecule has 1 rings (SSSR count). The minimum Gasteiger partial charge on any atom is -0.361 e. The predicted octanol–water partition coefficient (Wildman–Crippen LogP) is 3.06. The summed E-state index contributed by atoms with van der Waals surface area (Å²) in [6, 6.07) is 9.69. The Morgan fingerprint density at radius 3 is 2.43 bits per heavy atom. The third kappa shape index (κ3) is 3.00. The van der Waals surface area contributed by atoms with Gasteiger partial charge in [0.15, 0.2) is 0 Å². The van der Waals surface area contributed by atoms with Crippen molar-refractivity contribution in [2.75, 3.05) is 0 Å². The summed E-state index contributed by atoms with van der Waals surface area (Å²) in [5, 5.41) is 0. The van der Waals surface area contributed by atoms with Crippen LogP contribution in [0.3, 0.4) is 0 Å². The van der Waals surface area contributed by atoms with Crippen molar-refractivity contribution in [2.24, 2.45) is 0 Å². The van der Waals surface area contributed by atoms with Gasteiger partial charge in [-0.15, -0.1) is 0 Å². The van der Waals surface area contributed by atoms with Gasteiger partial charge in [-0.25, -0.2) is 0 Å². The number of hydrogen-bond acceptors (Lipinski definition) is 0.